The topological polar surface area (TPSA) is 88.2 Å². The Labute approximate surface area is 110 Å². The third-order valence-electron chi connectivity index (χ3n) is 2.65. The van der Waals surface area contributed by atoms with Gasteiger partial charge in [0, 0.05) is 17.8 Å². The first-order chi connectivity index (χ1) is 8.52. The fourth-order valence-corrected chi connectivity index (χ4v) is 2.95. The quantitative estimate of drug-likeness (QED) is 0.788. The maximum atomic E-state index is 11.7. The maximum Gasteiger partial charge on any atom is 0.270 e. The molecule has 100 valence electrons. The number of thiazole rings is 1. The van der Waals surface area contributed by atoms with Gasteiger partial charge >= 0.3 is 0 Å². The van der Waals surface area contributed by atoms with Crippen LogP contribution in [0.5, 0.6) is 0 Å². The molecule has 0 spiro atoms. The molecule has 2 N–H and O–H groups in total. The first-order valence-electron chi connectivity index (χ1n) is 5.66. The number of nitrogens with zero attached hydrogens (tertiary/aromatic N) is 1. The maximum absolute atomic E-state index is 11.7. The molecule has 1 aliphatic rings. The average molecular weight is 289 g/mol. The molecule has 6 nitrogen and oxygen atoms in total. The molecule has 2 rings (SSSR count). The molecule has 0 aromatic carbocycles. The van der Waals surface area contributed by atoms with Crippen molar-refractivity contribution >= 4 is 27.3 Å². The standard InChI is InChI=1S/C10H15N3O3S2/c1-11-18(15,16)5-4-12-9(14)8-6-17-10(13-8)7-2-3-7/h6-7,11H,2-5H2,1H3,(H,12,14). The van der Waals surface area contributed by atoms with Crippen LogP contribution in [0.3, 0.4) is 0 Å². The second-order valence-electron chi connectivity index (χ2n) is 4.12. The van der Waals surface area contributed by atoms with E-state index in [2.05, 4.69) is 15.0 Å². The Bertz CT molecular complexity index is 534. The average Bonchev–Trinajstić information content (AvgIpc) is 3.07. The number of hydrogen-bond acceptors (Lipinski definition) is 5. The van der Waals surface area contributed by atoms with E-state index in [-0.39, 0.29) is 18.2 Å². The van der Waals surface area contributed by atoms with E-state index in [9.17, 15) is 13.2 Å². The highest BCUT2D eigenvalue weighted by molar-refractivity contribution is 7.89. The smallest absolute Gasteiger partial charge is 0.270 e. The summed E-state index contributed by atoms with van der Waals surface area (Å²) in [5.41, 5.74) is 0.378. The van der Waals surface area contributed by atoms with Crippen molar-refractivity contribution in [3.63, 3.8) is 0 Å². The van der Waals surface area contributed by atoms with E-state index in [0.717, 1.165) is 17.8 Å². The zero-order valence-corrected chi connectivity index (χ0v) is 11.6. The monoisotopic (exact) mass is 289 g/mol. The predicted molar refractivity (Wildman–Crippen MR) is 69.3 cm³/mol. The van der Waals surface area contributed by atoms with Gasteiger partial charge in [-0.25, -0.2) is 18.1 Å². The summed E-state index contributed by atoms with van der Waals surface area (Å²) in [5.74, 6) is 0.0835. The highest BCUT2D eigenvalue weighted by Gasteiger charge is 2.27. The van der Waals surface area contributed by atoms with E-state index in [1.54, 1.807) is 5.38 Å². The van der Waals surface area contributed by atoms with Gasteiger partial charge in [0.2, 0.25) is 10.0 Å². The molecule has 0 aliphatic heterocycles. The van der Waals surface area contributed by atoms with Crippen molar-refractivity contribution in [1.29, 1.82) is 0 Å². The molecule has 0 saturated heterocycles. The summed E-state index contributed by atoms with van der Waals surface area (Å²) in [5, 5.41) is 5.27. The van der Waals surface area contributed by atoms with Crippen LogP contribution in [0.25, 0.3) is 0 Å². The van der Waals surface area contributed by atoms with Gasteiger partial charge in [-0.1, -0.05) is 0 Å². The molecule has 1 amide bonds. The molecule has 18 heavy (non-hydrogen) atoms. The van der Waals surface area contributed by atoms with Crippen LogP contribution < -0.4 is 10.0 Å². The molecule has 0 bridgehead atoms. The van der Waals surface area contributed by atoms with Crippen molar-refractivity contribution in [2.45, 2.75) is 18.8 Å². The molecule has 1 aromatic heterocycles. The number of nitrogens with one attached hydrogen (secondary N) is 2. The third-order valence-corrected chi connectivity index (χ3v) is 5.02. The van der Waals surface area contributed by atoms with Gasteiger partial charge in [-0.3, -0.25) is 4.79 Å². The molecule has 1 heterocycles. The van der Waals surface area contributed by atoms with Crippen LogP contribution in [0.1, 0.15) is 34.3 Å². The Morgan fingerprint density at radius 2 is 2.28 bits per heavy atom. The minimum Gasteiger partial charge on any atom is -0.350 e. The van der Waals surface area contributed by atoms with Crippen LogP contribution in [0.15, 0.2) is 5.38 Å². The number of amides is 1. The Kier molecular flexibility index (Phi) is 3.98. The highest BCUT2D eigenvalue weighted by atomic mass is 32.2. The zero-order valence-electron chi connectivity index (χ0n) is 9.97. The fourth-order valence-electron chi connectivity index (χ4n) is 1.40. The van der Waals surface area contributed by atoms with Gasteiger partial charge in [0.1, 0.15) is 5.69 Å². The van der Waals surface area contributed by atoms with Crippen molar-refractivity contribution in [2.75, 3.05) is 19.3 Å². The molecule has 1 fully saturated rings. The van der Waals surface area contributed by atoms with E-state index in [1.165, 1.54) is 18.4 Å². The van der Waals surface area contributed by atoms with Crippen LogP contribution in [-0.4, -0.2) is 38.7 Å². The summed E-state index contributed by atoms with van der Waals surface area (Å²) in [4.78, 5) is 15.9. The molecule has 0 unspecified atom stereocenters. The van der Waals surface area contributed by atoms with E-state index in [4.69, 9.17) is 0 Å². The lowest BCUT2D eigenvalue weighted by atomic mass is 10.4. The van der Waals surface area contributed by atoms with Crippen LogP contribution in [0.2, 0.25) is 0 Å². The van der Waals surface area contributed by atoms with Crippen LogP contribution in [0.4, 0.5) is 0 Å². The van der Waals surface area contributed by atoms with Gasteiger partial charge < -0.3 is 5.32 Å². The predicted octanol–water partition coefficient (Wildman–Crippen LogP) is 0.299. The molecule has 0 atom stereocenters. The molecule has 8 heteroatoms. The number of carbonyl (C=O) groups is 1. The van der Waals surface area contributed by atoms with Crippen molar-refractivity contribution in [3.05, 3.63) is 16.1 Å². The van der Waals surface area contributed by atoms with Crippen molar-refractivity contribution < 1.29 is 13.2 Å². The molecule has 1 aromatic rings. The van der Waals surface area contributed by atoms with Crippen LogP contribution in [-0.2, 0) is 10.0 Å². The molecule has 1 aliphatic carbocycles. The van der Waals surface area contributed by atoms with Crippen molar-refractivity contribution in [1.82, 2.24) is 15.0 Å². The summed E-state index contributed by atoms with van der Waals surface area (Å²) < 4.78 is 24.5. The number of sulfonamides is 1. The van der Waals surface area contributed by atoms with E-state index >= 15 is 0 Å². The van der Waals surface area contributed by atoms with E-state index in [0.29, 0.717) is 11.6 Å². The Morgan fingerprint density at radius 1 is 1.56 bits per heavy atom. The number of carbonyl (C=O) groups excluding carboxylic acids is 1. The van der Waals surface area contributed by atoms with Crippen LogP contribution in [0, 0.1) is 0 Å². The first-order valence-corrected chi connectivity index (χ1v) is 8.20. The Morgan fingerprint density at radius 3 is 2.89 bits per heavy atom. The summed E-state index contributed by atoms with van der Waals surface area (Å²) in [6, 6.07) is 0. The fraction of sp³-hybridized carbons (Fsp3) is 0.600. The van der Waals surface area contributed by atoms with Gasteiger partial charge in [0.05, 0.1) is 10.8 Å². The molecular formula is C10H15N3O3S2. The summed E-state index contributed by atoms with van der Waals surface area (Å²) in [7, 11) is -1.93. The number of rotatable bonds is 6. The number of hydrogen-bond donors (Lipinski definition) is 2. The summed E-state index contributed by atoms with van der Waals surface area (Å²) >= 11 is 1.49. The van der Waals surface area contributed by atoms with Gasteiger partial charge in [-0.05, 0) is 19.9 Å². The van der Waals surface area contributed by atoms with Crippen LogP contribution >= 0.6 is 11.3 Å². The van der Waals surface area contributed by atoms with Gasteiger partial charge in [0.25, 0.3) is 5.91 Å². The minimum absolute atomic E-state index is 0.0816. The lowest BCUT2D eigenvalue weighted by Crippen LogP contribution is -2.33. The lowest BCUT2D eigenvalue weighted by molar-refractivity contribution is 0.0951. The largest absolute Gasteiger partial charge is 0.350 e. The minimum atomic E-state index is -3.28. The Hall–Kier alpha value is -0.990. The number of aromatic nitrogens is 1. The lowest BCUT2D eigenvalue weighted by Gasteiger charge is -2.03. The SMILES string of the molecule is CNS(=O)(=O)CCNC(=O)c1csc(C2CC2)n1. The Balaban J connectivity index is 1.83. The van der Waals surface area contributed by atoms with Gasteiger partial charge in [-0.15, -0.1) is 11.3 Å². The molecule has 1 saturated carbocycles. The van der Waals surface area contributed by atoms with E-state index in [1.807, 2.05) is 0 Å². The third kappa shape index (κ3) is 3.50. The van der Waals surface area contributed by atoms with Crippen molar-refractivity contribution in [2.24, 2.45) is 0 Å². The van der Waals surface area contributed by atoms with E-state index < -0.39 is 10.0 Å². The second kappa shape index (κ2) is 5.33. The van der Waals surface area contributed by atoms with Crippen molar-refractivity contribution in [3.8, 4) is 0 Å². The van der Waals surface area contributed by atoms with Gasteiger partial charge in [-0.2, -0.15) is 0 Å². The summed E-state index contributed by atoms with van der Waals surface area (Å²) in [6.07, 6.45) is 2.30. The molecule has 0 radical (unpaired) electrons. The normalized spacial score (nSPS) is 15.6. The van der Waals surface area contributed by atoms with Gasteiger partial charge in [0.15, 0.2) is 0 Å². The zero-order chi connectivity index (χ0) is 13.2. The first kappa shape index (κ1) is 13.4. The highest BCUT2D eigenvalue weighted by Crippen LogP contribution is 2.41. The second-order valence-corrected chi connectivity index (χ2v) is 7.06. The summed E-state index contributed by atoms with van der Waals surface area (Å²) in [6.45, 7) is 0.0816. The molecular weight excluding hydrogens is 274 g/mol.